The monoisotopic (exact) mass is 969 g/mol. The molecule has 10 heteroatoms. The third-order valence-corrected chi connectivity index (χ3v) is 11.8. The number of quaternary nitrogens is 1. The van der Waals surface area contributed by atoms with Crippen molar-refractivity contribution in [2.45, 2.75) is 200 Å². The van der Waals surface area contributed by atoms with Gasteiger partial charge in [-0.3, -0.25) is 18.6 Å². The Balaban J connectivity index is 4.13. The Labute approximate surface area is 416 Å². The van der Waals surface area contributed by atoms with Crippen molar-refractivity contribution in [2.24, 2.45) is 0 Å². The third kappa shape index (κ3) is 52.0. The molecule has 68 heavy (non-hydrogen) atoms. The molecule has 0 aromatic heterocycles. The Morgan fingerprint density at radius 3 is 1.25 bits per heavy atom. The highest BCUT2D eigenvalue weighted by Gasteiger charge is 2.27. The lowest BCUT2D eigenvalue weighted by Gasteiger charge is -2.24. The van der Waals surface area contributed by atoms with Gasteiger partial charge in [0.1, 0.15) is 19.8 Å². The first-order valence-electron chi connectivity index (χ1n) is 26.6. The summed E-state index contributed by atoms with van der Waals surface area (Å²) >= 11 is 0. The zero-order valence-electron chi connectivity index (χ0n) is 43.8. The molecule has 0 rings (SSSR count). The summed E-state index contributed by atoms with van der Waals surface area (Å²) in [5.74, 6) is -0.820. The second-order valence-electron chi connectivity index (χ2n) is 18.5. The van der Waals surface area contributed by atoms with Crippen LogP contribution in [0, 0.1) is 0 Å². The van der Waals surface area contributed by atoms with Gasteiger partial charge in [0.2, 0.25) is 0 Å². The van der Waals surface area contributed by atoms with Gasteiger partial charge in [-0.15, -0.1) is 0 Å². The number of phosphoric acid groups is 1. The van der Waals surface area contributed by atoms with Crippen LogP contribution in [0.1, 0.15) is 194 Å². The van der Waals surface area contributed by atoms with Crippen LogP contribution < -0.4 is 0 Å². The molecule has 2 atom stereocenters. The van der Waals surface area contributed by atoms with Crippen molar-refractivity contribution in [3.05, 3.63) is 109 Å². The number of carbonyl (C=O) groups excluding carboxylic acids is 2. The SMILES string of the molecule is CC/C=C\C/C=C\C/C=C\C/C=C\C/C=C\C/C=C\C/C=C\C/C=C\C/C=C\CCCCCCCCCC(=O)OC(COC(=O)CCCCCCCCCCC)COP(=O)(O)OCC[N+](C)(C)C. The number of nitrogens with zero attached hydrogens (tertiary/aromatic N) is 1. The highest BCUT2D eigenvalue weighted by molar-refractivity contribution is 7.47. The molecule has 0 heterocycles. The van der Waals surface area contributed by atoms with E-state index in [2.05, 4.69) is 123 Å². The van der Waals surface area contributed by atoms with Crippen LogP contribution in [-0.4, -0.2) is 74.9 Å². The molecule has 0 aromatic rings. The average Bonchev–Trinajstić information content (AvgIpc) is 3.30. The molecule has 1 N–H and O–H groups in total. The quantitative estimate of drug-likeness (QED) is 0.0211. The molecular weight excluding hydrogens is 870 g/mol. The number of hydrogen-bond acceptors (Lipinski definition) is 7. The van der Waals surface area contributed by atoms with Crippen LogP contribution in [-0.2, 0) is 32.7 Å². The molecule has 0 radical (unpaired) electrons. The normalized spacial score (nSPS) is 14.3. The Bertz CT molecular complexity index is 1520. The second-order valence-corrected chi connectivity index (χ2v) is 20.0. The van der Waals surface area contributed by atoms with Gasteiger partial charge in [0.05, 0.1) is 27.7 Å². The van der Waals surface area contributed by atoms with Gasteiger partial charge in [-0.1, -0.05) is 207 Å². The Morgan fingerprint density at radius 2 is 0.838 bits per heavy atom. The minimum atomic E-state index is -4.38. The standard InChI is InChI=1S/C58H98NO8P/c1-6-8-10-12-14-16-17-18-19-20-21-22-23-24-25-26-27-28-29-30-31-32-33-34-35-36-37-38-39-40-41-43-45-47-49-51-58(61)67-56(55-66-68(62,63)65-53-52-59(3,4)5)54-64-57(60)50-48-46-44-42-15-13-11-9-7-2/h8,10,14,16,18-19,21-22,24-25,27-28,30-31,33-34,36-37,56H,6-7,9,11-13,15,17,20,23,26,29,32,35,38-55H2,1-5H3/p+1/b10-8-,16-14-,19-18-,22-21-,25-24-,28-27-,31-30-,34-33-,37-36-. The van der Waals surface area contributed by atoms with Gasteiger partial charge in [-0.2, -0.15) is 0 Å². The van der Waals surface area contributed by atoms with Crippen molar-refractivity contribution >= 4 is 19.8 Å². The Hall–Kier alpha value is -3.33. The molecule has 0 saturated heterocycles. The Kier molecular flexibility index (Phi) is 46.3. The van der Waals surface area contributed by atoms with Crippen molar-refractivity contribution in [1.82, 2.24) is 0 Å². The molecule has 0 spiro atoms. The first-order valence-corrected chi connectivity index (χ1v) is 28.1. The number of hydrogen-bond donors (Lipinski definition) is 1. The molecule has 0 amide bonds. The fourth-order valence-corrected chi connectivity index (χ4v) is 7.45. The van der Waals surface area contributed by atoms with E-state index in [1.807, 2.05) is 21.1 Å². The van der Waals surface area contributed by atoms with E-state index in [4.69, 9.17) is 18.5 Å². The van der Waals surface area contributed by atoms with Crippen LogP contribution >= 0.6 is 7.82 Å². The first-order chi connectivity index (χ1) is 33.0. The van der Waals surface area contributed by atoms with E-state index < -0.39 is 26.5 Å². The maximum absolute atomic E-state index is 12.7. The molecule has 0 aromatic carbocycles. The molecule has 9 nitrogen and oxygen atoms in total. The highest BCUT2D eigenvalue weighted by atomic mass is 31.2. The summed E-state index contributed by atoms with van der Waals surface area (Å²) in [6.07, 6.45) is 67.4. The molecule has 388 valence electrons. The third-order valence-electron chi connectivity index (χ3n) is 10.8. The van der Waals surface area contributed by atoms with E-state index in [-0.39, 0.29) is 32.0 Å². The van der Waals surface area contributed by atoms with Crippen LogP contribution in [0.2, 0.25) is 0 Å². The predicted molar refractivity (Wildman–Crippen MR) is 288 cm³/mol. The minimum absolute atomic E-state index is 0.0249. The summed E-state index contributed by atoms with van der Waals surface area (Å²) < 4.78 is 34.3. The van der Waals surface area contributed by atoms with Crippen LogP contribution in [0.15, 0.2) is 109 Å². The van der Waals surface area contributed by atoms with E-state index in [1.165, 1.54) is 57.8 Å². The zero-order valence-corrected chi connectivity index (χ0v) is 44.7. The largest absolute Gasteiger partial charge is 0.472 e. The summed E-state index contributed by atoms with van der Waals surface area (Å²) in [6.45, 7) is 4.26. The smallest absolute Gasteiger partial charge is 0.462 e. The van der Waals surface area contributed by atoms with Gasteiger partial charge in [-0.05, 0) is 83.5 Å². The number of likely N-dealkylation sites (N-methyl/N-ethyl adjacent to an activating group) is 1. The number of esters is 2. The summed E-state index contributed by atoms with van der Waals surface area (Å²) in [5, 5.41) is 0. The van der Waals surface area contributed by atoms with Crippen LogP contribution in [0.4, 0.5) is 0 Å². The van der Waals surface area contributed by atoms with Gasteiger partial charge < -0.3 is 18.9 Å². The minimum Gasteiger partial charge on any atom is -0.462 e. The van der Waals surface area contributed by atoms with E-state index in [0.717, 1.165) is 103 Å². The number of carbonyl (C=O) groups is 2. The molecular formula is C58H99NO8P+. The highest BCUT2D eigenvalue weighted by Crippen LogP contribution is 2.43. The number of ether oxygens (including phenoxy) is 2. The fraction of sp³-hybridized carbons (Fsp3) is 0.655. The lowest BCUT2D eigenvalue weighted by molar-refractivity contribution is -0.870. The summed E-state index contributed by atoms with van der Waals surface area (Å²) in [5.41, 5.74) is 0. The van der Waals surface area contributed by atoms with Crippen molar-refractivity contribution in [3.8, 4) is 0 Å². The maximum atomic E-state index is 12.7. The predicted octanol–water partition coefficient (Wildman–Crippen LogP) is 16.2. The van der Waals surface area contributed by atoms with E-state index in [9.17, 15) is 19.0 Å². The van der Waals surface area contributed by atoms with Crippen LogP contribution in [0.25, 0.3) is 0 Å². The van der Waals surface area contributed by atoms with E-state index >= 15 is 0 Å². The lowest BCUT2D eigenvalue weighted by atomic mass is 10.1. The number of phosphoric ester groups is 1. The van der Waals surface area contributed by atoms with Crippen molar-refractivity contribution in [1.29, 1.82) is 0 Å². The molecule has 0 saturated carbocycles. The van der Waals surface area contributed by atoms with Crippen LogP contribution in [0.5, 0.6) is 0 Å². The van der Waals surface area contributed by atoms with E-state index in [0.29, 0.717) is 17.4 Å². The summed E-state index contributed by atoms with van der Waals surface area (Å²) in [7, 11) is 1.46. The fourth-order valence-electron chi connectivity index (χ4n) is 6.71. The molecule has 0 aliphatic carbocycles. The molecule has 0 aliphatic heterocycles. The van der Waals surface area contributed by atoms with Gasteiger partial charge in [-0.25, -0.2) is 4.57 Å². The summed E-state index contributed by atoms with van der Waals surface area (Å²) in [6, 6.07) is 0. The average molecular weight is 969 g/mol. The molecule has 0 aliphatic rings. The summed E-state index contributed by atoms with van der Waals surface area (Å²) in [4.78, 5) is 35.4. The second kappa shape index (κ2) is 48.7. The van der Waals surface area contributed by atoms with Crippen LogP contribution in [0.3, 0.4) is 0 Å². The first kappa shape index (κ1) is 64.7. The molecule has 0 bridgehead atoms. The van der Waals surface area contributed by atoms with Gasteiger partial charge in [0.15, 0.2) is 6.10 Å². The van der Waals surface area contributed by atoms with Crippen molar-refractivity contribution in [3.63, 3.8) is 0 Å². The van der Waals surface area contributed by atoms with Crippen molar-refractivity contribution in [2.75, 3.05) is 47.5 Å². The molecule has 0 fully saturated rings. The zero-order chi connectivity index (χ0) is 49.9. The number of rotatable bonds is 47. The lowest BCUT2D eigenvalue weighted by Crippen LogP contribution is -2.37. The van der Waals surface area contributed by atoms with Gasteiger partial charge in [0.25, 0.3) is 0 Å². The van der Waals surface area contributed by atoms with Crippen molar-refractivity contribution < 1.29 is 42.1 Å². The van der Waals surface area contributed by atoms with E-state index in [1.54, 1.807) is 0 Å². The van der Waals surface area contributed by atoms with Gasteiger partial charge >= 0.3 is 19.8 Å². The maximum Gasteiger partial charge on any atom is 0.472 e. The van der Waals surface area contributed by atoms with Gasteiger partial charge in [0, 0.05) is 12.8 Å². The number of unbranched alkanes of at least 4 members (excludes halogenated alkanes) is 15. The molecule has 2 unspecified atom stereocenters. The Morgan fingerprint density at radius 1 is 0.471 bits per heavy atom. The topological polar surface area (TPSA) is 108 Å². The number of allylic oxidation sites excluding steroid dienone is 18.